The van der Waals surface area contributed by atoms with Crippen molar-refractivity contribution < 1.29 is 4.39 Å². The second-order valence-corrected chi connectivity index (χ2v) is 11.6. The van der Waals surface area contributed by atoms with Crippen LogP contribution in [0, 0.1) is 0 Å². The lowest BCUT2D eigenvalue weighted by Gasteiger charge is -2.15. The van der Waals surface area contributed by atoms with Gasteiger partial charge >= 0.3 is 0 Å². The Labute approximate surface area is 264 Å². The average Bonchev–Trinajstić information content (AvgIpc) is 3.65. The molecule has 0 aliphatic heterocycles. The first kappa shape index (κ1) is 26.3. The fraction of sp³-hybridized carbons (Fsp3) is 0.0244. The molecule has 4 heterocycles. The van der Waals surface area contributed by atoms with Gasteiger partial charge in [0.05, 0.1) is 22.2 Å². The van der Waals surface area contributed by atoms with Crippen molar-refractivity contribution in [2.45, 2.75) is 6.17 Å². The van der Waals surface area contributed by atoms with Crippen LogP contribution in [0.2, 0.25) is 0 Å². The molecular weight excluding hydrogens is 567 g/mol. The van der Waals surface area contributed by atoms with Crippen molar-refractivity contribution in [2.24, 2.45) is 0 Å². The third-order valence-corrected chi connectivity index (χ3v) is 8.90. The van der Waals surface area contributed by atoms with E-state index in [4.69, 9.17) is 4.98 Å². The number of hydrogen-bond acceptors (Lipinski definition) is 2. The van der Waals surface area contributed by atoms with Gasteiger partial charge in [-0.25, -0.2) is 9.37 Å². The molecule has 1 unspecified atom stereocenters. The van der Waals surface area contributed by atoms with E-state index in [0.717, 1.165) is 61.0 Å². The van der Waals surface area contributed by atoms with E-state index in [1.165, 1.54) is 5.39 Å². The summed E-state index contributed by atoms with van der Waals surface area (Å²) >= 11 is 0. The number of rotatable bonds is 5. The zero-order valence-corrected chi connectivity index (χ0v) is 24.8. The largest absolute Gasteiger partial charge is 0.307 e. The number of benzene rings is 5. The summed E-state index contributed by atoms with van der Waals surface area (Å²) in [4.78, 5) is 9.35. The number of alkyl halides is 1. The summed E-state index contributed by atoms with van der Waals surface area (Å²) in [5.74, 6) is 0. The zero-order chi connectivity index (χ0) is 30.6. The number of para-hydroxylation sites is 2. The van der Waals surface area contributed by atoms with Crippen molar-refractivity contribution in [3.63, 3.8) is 0 Å². The molecule has 9 aromatic rings. The first-order chi connectivity index (χ1) is 22.8. The number of hydrogen-bond donors (Lipinski definition) is 0. The van der Waals surface area contributed by atoms with Crippen LogP contribution in [-0.2, 0) is 0 Å². The molecule has 0 fully saturated rings. The van der Waals surface area contributed by atoms with Gasteiger partial charge in [-0.15, -0.1) is 0 Å². The third kappa shape index (κ3) is 4.06. The Balaban J connectivity index is 1.30. The molecule has 0 N–H and O–H groups in total. The van der Waals surface area contributed by atoms with Gasteiger partial charge in [-0.2, -0.15) is 0 Å². The van der Waals surface area contributed by atoms with Crippen molar-refractivity contribution in [3.05, 3.63) is 169 Å². The minimum Gasteiger partial charge on any atom is -0.307 e. The molecule has 0 bridgehead atoms. The molecule has 0 aliphatic rings. The van der Waals surface area contributed by atoms with Crippen molar-refractivity contribution in [2.75, 3.05) is 0 Å². The second kappa shape index (κ2) is 10.5. The van der Waals surface area contributed by atoms with Crippen LogP contribution < -0.4 is 0 Å². The monoisotopic (exact) mass is 594 g/mol. The molecule has 5 aromatic carbocycles. The third-order valence-electron chi connectivity index (χ3n) is 8.90. The van der Waals surface area contributed by atoms with E-state index in [0.29, 0.717) is 11.1 Å². The molecule has 218 valence electrons. The van der Waals surface area contributed by atoms with Gasteiger partial charge in [0.1, 0.15) is 5.65 Å². The maximum absolute atomic E-state index is 16.4. The summed E-state index contributed by atoms with van der Waals surface area (Å²) in [6.07, 6.45) is 2.26. The van der Waals surface area contributed by atoms with Crippen LogP contribution in [-0.4, -0.2) is 19.1 Å². The molecule has 5 heteroatoms. The maximum Gasteiger partial charge on any atom is 0.150 e. The highest BCUT2D eigenvalue weighted by atomic mass is 19.1. The smallest absolute Gasteiger partial charge is 0.150 e. The van der Waals surface area contributed by atoms with Gasteiger partial charge in [0.2, 0.25) is 0 Å². The number of nitrogens with zero attached hydrogens (tertiary/aromatic N) is 4. The first-order valence-corrected chi connectivity index (χ1v) is 15.4. The predicted octanol–water partition coefficient (Wildman–Crippen LogP) is 10.4. The normalized spacial score (nSPS) is 12.4. The highest BCUT2D eigenvalue weighted by Gasteiger charge is 2.22. The van der Waals surface area contributed by atoms with Gasteiger partial charge in [0.15, 0.2) is 6.17 Å². The van der Waals surface area contributed by atoms with E-state index in [1.54, 1.807) is 6.20 Å². The number of fused-ring (bicyclic) bond motifs is 7. The first-order valence-electron chi connectivity index (χ1n) is 15.4. The zero-order valence-electron chi connectivity index (χ0n) is 24.8. The fourth-order valence-corrected chi connectivity index (χ4v) is 6.87. The van der Waals surface area contributed by atoms with E-state index in [9.17, 15) is 0 Å². The van der Waals surface area contributed by atoms with Crippen molar-refractivity contribution in [1.29, 1.82) is 0 Å². The van der Waals surface area contributed by atoms with E-state index < -0.39 is 6.17 Å². The Hall–Kier alpha value is -6.07. The highest BCUT2D eigenvalue weighted by molar-refractivity contribution is 6.23. The van der Waals surface area contributed by atoms with Crippen LogP contribution in [0.1, 0.15) is 17.3 Å². The Bertz CT molecular complexity index is 2550. The summed E-state index contributed by atoms with van der Waals surface area (Å²) in [5.41, 5.74) is 8.91. The number of aromatic nitrogens is 4. The van der Waals surface area contributed by atoms with Gasteiger partial charge < -0.3 is 4.57 Å². The van der Waals surface area contributed by atoms with Crippen LogP contribution in [0.25, 0.3) is 66.4 Å². The van der Waals surface area contributed by atoms with Gasteiger partial charge in [0, 0.05) is 50.9 Å². The van der Waals surface area contributed by atoms with E-state index in [1.807, 2.05) is 85.1 Å². The molecule has 0 amide bonds. The molecule has 0 saturated heterocycles. The Morgan fingerprint density at radius 3 is 2.00 bits per heavy atom. The molecule has 4 aromatic heterocycles. The predicted molar refractivity (Wildman–Crippen MR) is 186 cm³/mol. The van der Waals surface area contributed by atoms with Crippen LogP contribution >= 0.6 is 0 Å². The summed E-state index contributed by atoms with van der Waals surface area (Å²) in [7, 11) is 0. The minimum absolute atomic E-state index is 0.581. The van der Waals surface area contributed by atoms with Crippen LogP contribution in [0.4, 0.5) is 4.39 Å². The van der Waals surface area contributed by atoms with Crippen LogP contribution in [0.3, 0.4) is 0 Å². The molecule has 0 radical (unpaired) electrons. The van der Waals surface area contributed by atoms with Crippen molar-refractivity contribution >= 4 is 43.7 Å². The van der Waals surface area contributed by atoms with Gasteiger partial charge in [-0.05, 0) is 71.8 Å². The molecular formula is C41H27FN4. The molecule has 0 saturated carbocycles. The van der Waals surface area contributed by atoms with Crippen LogP contribution in [0.15, 0.2) is 158 Å². The Kier molecular flexibility index (Phi) is 6.03. The molecule has 1 atom stereocenters. The second-order valence-electron chi connectivity index (χ2n) is 11.6. The minimum atomic E-state index is -1.32. The summed E-state index contributed by atoms with van der Waals surface area (Å²) < 4.78 is 21.0. The Morgan fingerprint density at radius 1 is 0.478 bits per heavy atom. The average molecular weight is 595 g/mol. The topological polar surface area (TPSA) is 35.6 Å². The lowest BCUT2D eigenvalue weighted by molar-refractivity contribution is 0.402. The van der Waals surface area contributed by atoms with Gasteiger partial charge in [-0.1, -0.05) is 84.9 Å². The standard InChI is InChI=1S/C41H27FN4/c42-38(28-12-8-11-27(25-28)36-19-6-7-23-43-36)29-13-9-16-31(26-29)46-40-34(35-18-10-24-44-41(35)46)22-21-33-32-17-4-5-20-37(32)45(39(33)40)30-14-2-1-3-15-30/h1-26,38H. The van der Waals surface area contributed by atoms with E-state index >= 15 is 4.39 Å². The van der Waals surface area contributed by atoms with Crippen molar-refractivity contribution in [3.8, 4) is 22.6 Å². The lowest BCUT2D eigenvalue weighted by Crippen LogP contribution is -2.01. The Morgan fingerprint density at radius 2 is 1.15 bits per heavy atom. The molecule has 0 spiro atoms. The van der Waals surface area contributed by atoms with Crippen molar-refractivity contribution in [1.82, 2.24) is 19.1 Å². The van der Waals surface area contributed by atoms with E-state index in [2.05, 4.69) is 80.8 Å². The molecule has 9 rings (SSSR count). The summed E-state index contributed by atoms with van der Waals surface area (Å²) in [6.45, 7) is 0. The van der Waals surface area contributed by atoms with Crippen LogP contribution in [0.5, 0.6) is 0 Å². The highest BCUT2D eigenvalue weighted by Crippen LogP contribution is 2.41. The molecule has 4 nitrogen and oxygen atoms in total. The molecule has 46 heavy (non-hydrogen) atoms. The van der Waals surface area contributed by atoms with Gasteiger partial charge in [0.25, 0.3) is 0 Å². The summed E-state index contributed by atoms with van der Waals surface area (Å²) in [5, 5.41) is 4.48. The number of halogens is 1. The van der Waals surface area contributed by atoms with E-state index in [-0.39, 0.29) is 0 Å². The SMILES string of the molecule is FC(c1cccc(-c2ccccn2)c1)c1cccc(-n2c3ncccc3c3ccc4c5ccccc5n(-c5ccccc5)c4c32)c1. The summed E-state index contributed by atoms with van der Waals surface area (Å²) in [6, 6.07) is 48.7. The maximum atomic E-state index is 16.4. The quantitative estimate of drug-likeness (QED) is 0.199. The number of pyridine rings is 2. The lowest BCUT2D eigenvalue weighted by atomic mass is 9.99. The van der Waals surface area contributed by atoms with Gasteiger partial charge in [-0.3, -0.25) is 9.55 Å². The molecule has 0 aliphatic carbocycles. The fourth-order valence-electron chi connectivity index (χ4n) is 6.87.